The average Bonchev–Trinajstić information content (AvgIpc) is 2.96. The maximum Gasteiger partial charge on any atom is 0.262 e. The third-order valence-corrected chi connectivity index (χ3v) is 6.22. The second-order valence-corrected chi connectivity index (χ2v) is 8.95. The van der Waals surface area contributed by atoms with Crippen molar-refractivity contribution in [1.29, 1.82) is 0 Å². The fraction of sp³-hybridized carbons (Fsp3) is 0.316. The summed E-state index contributed by atoms with van der Waals surface area (Å²) in [5.74, 6) is -0.195. The number of benzene rings is 1. The van der Waals surface area contributed by atoms with E-state index in [0.717, 1.165) is 20.9 Å². The molecule has 0 saturated carbocycles. The molecule has 0 spiro atoms. The predicted octanol–water partition coefficient (Wildman–Crippen LogP) is 1.85. The van der Waals surface area contributed by atoms with Crippen LogP contribution in [-0.4, -0.2) is 54.1 Å². The van der Waals surface area contributed by atoms with Gasteiger partial charge in [0.2, 0.25) is 15.9 Å². The molecule has 29 heavy (non-hydrogen) atoms. The summed E-state index contributed by atoms with van der Waals surface area (Å²) >= 11 is 0. The monoisotopic (exact) mass is 417 g/mol. The van der Waals surface area contributed by atoms with Gasteiger partial charge in [0.05, 0.1) is 11.1 Å². The second kappa shape index (κ2) is 7.80. The van der Waals surface area contributed by atoms with E-state index in [9.17, 15) is 13.2 Å². The van der Waals surface area contributed by atoms with E-state index in [1.807, 2.05) is 19.9 Å². The van der Waals surface area contributed by atoms with E-state index >= 15 is 0 Å². The Bertz CT molecular complexity index is 1180. The summed E-state index contributed by atoms with van der Waals surface area (Å²) in [6.45, 7) is 3.50. The van der Waals surface area contributed by atoms with Gasteiger partial charge >= 0.3 is 0 Å². The Morgan fingerprint density at radius 3 is 2.62 bits per heavy atom. The fourth-order valence-corrected chi connectivity index (χ4v) is 4.00. The predicted molar refractivity (Wildman–Crippen MR) is 109 cm³/mol. The van der Waals surface area contributed by atoms with Crippen LogP contribution in [-0.2, 0) is 21.9 Å². The van der Waals surface area contributed by atoms with Crippen LogP contribution in [0.4, 0.5) is 5.69 Å². The van der Waals surface area contributed by atoms with Gasteiger partial charge in [-0.15, -0.1) is 5.10 Å². The molecule has 0 bridgehead atoms. The summed E-state index contributed by atoms with van der Waals surface area (Å²) in [4.78, 5) is 16.9. The number of nitrogens with one attached hydrogen (secondary N) is 1. The lowest BCUT2D eigenvalue weighted by atomic mass is 10.2. The Hall–Kier alpha value is -2.98. The van der Waals surface area contributed by atoms with Crippen LogP contribution < -0.4 is 10.1 Å². The van der Waals surface area contributed by atoms with Gasteiger partial charge in [-0.3, -0.25) is 4.79 Å². The number of ether oxygens (including phenoxy) is 1. The summed E-state index contributed by atoms with van der Waals surface area (Å²) in [5, 5.41) is 7.64. The first-order valence-corrected chi connectivity index (χ1v) is 10.3. The number of carbonyl (C=O) groups excluding carboxylic acids is 1. The van der Waals surface area contributed by atoms with Gasteiger partial charge < -0.3 is 10.1 Å². The van der Waals surface area contributed by atoms with E-state index in [1.54, 1.807) is 23.9 Å². The van der Waals surface area contributed by atoms with Crippen molar-refractivity contribution >= 4 is 32.7 Å². The van der Waals surface area contributed by atoms with E-state index in [1.165, 1.54) is 26.2 Å². The third-order valence-electron chi connectivity index (χ3n) is 4.35. The van der Waals surface area contributed by atoms with Crippen LogP contribution in [0.3, 0.4) is 0 Å². The van der Waals surface area contributed by atoms with Crippen LogP contribution in [0.25, 0.3) is 11.0 Å². The summed E-state index contributed by atoms with van der Waals surface area (Å²) in [6.07, 6.45) is 0. The lowest BCUT2D eigenvalue weighted by Crippen LogP contribution is -2.26. The first-order chi connectivity index (χ1) is 13.6. The van der Waals surface area contributed by atoms with E-state index in [0.29, 0.717) is 11.5 Å². The topological polar surface area (TPSA) is 106 Å². The molecule has 0 fully saturated rings. The van der Waals surface area contributed by atoms with Crippen LogP contribution >= 0.6 is 0 Å². The standard InChI is InChI=1S/C19H23N5O4S/c1-12-10-13(2)20-18-17(12)19(22-24(18)5)28-11-16(25)21-14-8-6-7-9-15(14)29(26,27)23(3)4/h6-10H,11H2,1-5H3,(H,21,25). The number of carbonyl (C=O) groups is 1. The zero-order valence-corrected chi connectivity index (χ0v) is 17.7. The van der Waals surface area contributed by atoms with Crippen molar-refractivity contribution in [3.63, 3.8) is 0 Å². The highest BCUT2D eigenvalue weighted by Crippen LogP contribution is 2.27. The van der Waals surface area contributed by atoms with Gasteiger partial charge in [0, 0.05) is 26.8 Å². The molecular weight excluding hydrogens is 394 g/mol. The molecule has 1 N–H and O–H groups in total. The molecule has 154 valence electrons. The summed E-state index contributed by atoms with van der Waals surface area (Å²) < 4.78 is 33.2. The average molecular weight is 417 g/mol. The van der Waals surface area contributed by atoms with Crippen molar-refractivity contribution < 1.29 is 17.9 Å². The van der Waals surface area contributed by atoms with Gasteiger partial charge in [0.15, 0.2) is 12.3 Å². The highest BCUT2D eigenvalue weighted by Gasteiger charge is 2.22. The molecule has 0 aliphatic rings. The molecule has 2 aromatic heterocycles. The first kappa shape index (κ1) is 20.7. The van der Waals surface area contributed by atoms with Crippen molar-refractivity contribution in [3.8, 4) is 5.88 Å². The van der Waals surface area contributed by atoms with Crippen LogP contribution in [0.5, 0.6) is 5.88 Å². The molecule has 0 atom stereocenters. The number of amides is 1. The molecule has 0 aliphatic heterocycles. The molecule has 0 unspecified atom stereocenters. The number of sulfonamides is 1. The number of hydrogen-bond donors (Lipinski definition) is 1. The molecule has 0 saturated heterocycles. The largest absolute Gasteiger partial charge is 0.466 e. The zero-order chi connectivity index (χ0) is 21.3. The van der Waals surface area contributed by atoms with Crippen molar-refractivity contribution in [3.05, 3.63) is 41.6 Å². The maximum atomic E-state index is 12.5. The number of anilines is 1. The smallest absolute Gasteiger partial charge is 0.262 e. The quantitative estimate of drug-likeness (QED) is 0.656. The van der Waals surface area contributed by atoms with Crippen molar-refractivity contribution in [2.75, 3.05) is 26.0 Å². The Balaban J connectivity index is 1.80. The minimum absolute atomic E-state index is 0.0113. The molecule has 3 rings (SSSR count). The number of rotatable bonds is 6. The number of pyridine rings is 1. The van der Waals surface area contributed by atoms with Gasteiger partial charge in [-0.1, -0.05) is 12.1 Å². The number of nitrogens with zero attached hydrogens (tertiary/aromatic N) is 4. The Morgan fingerprint density at radius 2 is 1.93 bits per heavy atom. The van der Waals surface area contributed by atoms with Crippen LogP contribution in [0.15, 0.2) is 35.2 Å². The van der Waals surface area contributed by atoms with Gasteiger partial charge in [-0.25, -0.2) is 22.4 Å². The number of fused-ring (bicyclic) bond motifs is 1. The zero-order valence-electron chi connectivity index (χ0n) is 16.9. The lowest BCUT2D eigenvalue weighted by molar-refractivity contribution is -0.118. The molecule has 10 heteroatoms. The van der Waals surface area contributed by atoms with Gasteiger partial charge in [-0.05, 0) is 37.6 Å². The van der Waals surface area contributed by atoms with E-state index in [2.05, 4.69) is 15.4 Å². The Morgan fingerprint density at radius 1 is 1.24 bits per heavy atom. The number of aromatic nitrogens is 3. The number of para-hydroxylation sites is 1. The normalized spacial score (nSPS) is 11.8. The minimum Gasteiger partial charge on any atom is -0.466 e. The molecule has 3 aromatic rings. The second-order valence-electron chi connectivity index (χ2n) is 6.83. The molecule has 0 aliphatic carbocycles. The van der Waals surface area contributed by atoms with Crippen LogP contribution in [0.2, 0.25) is 0 Å². The molecular formula is C19H23N5O4S. The third kappa shape index (κ3) is 4.08. The van der Waals surface area contributed by atoms with Gasteiger partial charge in [0.25, 0.3) is 5.91 Å². The fourth-order valence-electron chi connectivity index (χ4n) is 2.96. The van der Waals surface area contributed by atoms with Crippen molar-refractivity contribution in [2.45, 2.75) is 18.7 Å². The summed E-state index contributed by atoms with van der Waals surface area (Å²) in [5.41, 5.74) is 2.66. The van der Waals surface area contributed by atoms with Crippen LogP contribution in [0.1, 0.15) is 11.3 Å². The Kier molecular flexibility index (Phi) is 5.58. The molecule has 2 heterocycles. The number of hydrogen-bond acceptors (Lipinski definition) is 6. The molecule has 1 amide bonds. The highest BCUT2D eigenvalue weighted by atomic mass is 32.2. The Labute approximate surface area is 169 Å². The van der Waals surface area contributed by atoms with E-state index < -0.39 is 15.9 Å². The molecule has 0 radical (unpaired) electrons. The first-order valence-electron chi connectivity index (χ1n) is 8.86. The van der Waals surface area contributed by atoms with Crippen molar-refractivity contribution in [2.24, 2.45) is 7.05 Å². The van der Waals surface area contributed by atoms with Gasteiger partial charge in [0.1, 0.15) is 4.90 Å². The van der Waals surface area contributed by atoms with Gasteiger partial charge in [-0.2, -0.15) is 0 Å². The van der Waals surface area contributed by atoms with E-state index in [4.69, 9.17) is 4.74 Å². The van der Waals surface area contributed by atoms with Crippen LogP contribution in [0, 0.1) is 13.8 Å². The minimum atomic E-state index is -3.70. The number of aryl methyl sites for hydroxylation is 3. The van der Waals surface area contributed by atoms with E-state index in [-0.39, 0.29) is 17.2 Å². The maximum absolute atomic E-state index is 12.5. The summed E-state index contributed by atoms with van der Waals surface area (Å²) in [7, 11) is 0.916. The molecule has 9 nitrogen and oxygen atoms in total. The lowest BCUT2D eigenvalue weighted by Gasteiger charge is -2.15. The SMILES string of the molecule is Cc1cc(C)c2c(OCC(=O)Nc3ccccc3S(=O)(=O)N(C)C)nn(C)c2n1. The summed E-state index contributed by atoms with van der Waals surface area (Å²) in [6, 6.07) is 8.13. The highest BCUT2D eigenvalue weighted by molar-refractivity contribution is 7.89. The van der Waals surface area contributed by atoms with Crippen molar-refractivity contribution in [1.82, 2.24) is 19.1 Å². The molecule has 1 aromatic carbocycles.